The van der Waals surface area contributed by atoms with Gasteiger partial charge in [0.25, 0.3) is 11.5 Å². The Balaban J connectivity index is 1.73. The van der Waals surface area contributed by atoms with Crippen molar-refractivity contribution in [3.63, 3.8) is 0 Å². The number of aryl methyl sites for hydroxylation is 1. The number of halogens is 4. The molecule has 194 valence electrons. The Bertz CT molecular complexity index is 1520. The molecule has 4 aromatic rings. The van der Waals surface area contributed by atoms with Crippen LogP contribution in [0.1, 0.15) is 35.8 Å². The van der Waals surface area contributed by atoms with Crippen molar-refractivity contribution in [3.8, 4) is 17.1 Å². The lowest BCUT2D eigenvalue weighted by molar-refractivity contribution is -0.275. The van der Waals surface area contributed by atoms with Crippen LogP contribution in [-0.4, -0.2) is 42.1 Å². The van der Waals surface area contributed by atoms with Gasteiger partial charge < -0.3 is 15.2 Å². The molecule has 37 heavy (non-hydrogen) atoms. The third kappa shape index (κ3) is 5.45. The summed E-state index contributed by atoms with van der Waals surface area (Å²) < 4.78 is 58.0. The van der Waals surface area contributed by atoms with Crippen molar-refractivity contribution in [2.24, 2.45) is 7.05 Å². The first-order chi connectivity index (χ1) is 17.2. The van der Waals surface area contributed by atoms with E-state index in [2.05, 4.69) is 20.0 Å². The Labute approximate surface area is 206 Å². The van der Waals surface area contributed by atoms with Crippen LogP contribution in [0, 0.1) is 5.82 Å². The Morgan fingerprint density at radius 1 is 1.14 bits per heavy atom. The molecule has 3 heterocycles. The number of amides is 1. The molecule has 4 rings (SSSR count). The van der Waals surface area contributed by atoms with Crippen LogP contribution < -0.4 is 15.6 Å². The van der Waals surface area contributed by atoms with Gasteiger partial charge in [0, 0.05) is 25.5 Å². The molecule has 1 aromatic carbocycles. The lowest BCUT2D eigenvalue weighted by Crippen LogP contribution is -2.42. The predicted octanol–water partition coefficient (Wildman–Crippen LogP) is 3.37. The van der Waals surface area contributed by atoms with Gasteiger partial charge in [-0.25, -0.2) is 9.37 Å². The molecule has 1 atom stereocenters. The highest BCUT2D eigenvalue weighted by Gasteiger charge is 2.35. The van der Waals surface area contributed by atoms with E-state index in [1.807, 2.05) is 0 Å². The zero-order valence-electron chi connectivity index (χ0n) is 19.7. The van der Waals surface area contributed by atoms with E-state index in [0.717, 1.165) is 22.7 Å². The van der Waals surface area contributed by atoms with Gasteiger partial charge in [-0.15, -0.1) is 13.2 Å². The van der Waals surface area contributed by atoms with Gasteiger partial charge in [-0.3, -0.25) is 19.3 Å². The van der Waals surface area contributed by atoms with Crippen LogP contribution in [0.15, 0.2) is 59.7 Å². The minimum atomic E-state index is -5.10. The zero-order chi connectivity index (χ0) is 27.1. The van der Waals surface area contributed by atoms with Gasteiger partial charge in [-0.1, -0.05) is 12.1 Å². The molecule has 0 unspecified atom stereocenters. The molecule has 9 nitrogen and oxygen atoms in total. The molecule has 0 fully saturated rings. The Morgan fingerprint density at radius 3 is 2.46 bits per heavy atom. The Hall–Kier alpha value is -4.26. The second kappa shape index (κ2) is 9.32. The molecule has 13 heteroatoms. The van der Waals surface area contributed by atoms with E-state index in [-0.39, 0.29) is 22.5 Å². The third-order valence-corrected chi connectivity index (χ3v) is 5.44. The van der Waals surface area contributed by atoms with Gasteiger partial charge in [0.15, 0.2) is 17.2 Å². The SMILES string of the molecule is Cn1cc(C(=O)N[C@@H](c2ccc(OC(F)(F)F)c(F)c2)C(C)(C)O)c2nc(-c3ccccn3)cc(=O)n21. The number of carbonyl (C=O) groups is 1. The lowest BCUT2D eigenvalue weighted by Gasteiger charge is -2.30. The molecule has 0 radical (unpaired) electrons. The highest BCUT2D eigenvalue weighted by Crippen LogP contribution is 2.32. The van der Waals surface area contributed by atoms with Gasteiger partial charge in [0.1, 0.15) is 5.56 Å². The number of pyridine rings is 1. The molecule has 2 N–H and O–H groups in total. The van der Waals surface area contributed by atoms with Crippen molar-refractivity contribution >= 4 is 11.6 Å². The predicted molar refractivity (Wildman–Crippen MR) is 123 cm³/mol. The van der Waals surface area contributed by atoms with Gasteiger partial charge >= 0.3 is 6.36 Å². The van der Waals surface area contributed by atoms with Gasteiger partial charge in [-0.05, 0) is 43.7 Å². The third-order valence-electron chi connectivity index (χ3n) is 5.44. The van der Waals surface area contributed by atoms with Crippen molar-refractivity contribution in [2.75, 3.05) is 0 Å². The van der Waals surface area contributed by atoms with Crippen molar-refractivity contribution < 1.29 is 32.2 Å². The molecule has 0 saturated heterocycles. The van der Waals surface area contributed by atoms with Crippen LogP contribution in [0.4, 0.5) is 17.6 Å². The zero-order valence-corrected chi connectivity index (χ0v) is 19.7. The first-order valence-electron chi connectivity index (χ1n) is 10.8. The molecular weight excluding hydrogens is 498 g/mol. The number of benzene rings is 1. The summed E-state index contributed by atoms with van der Waals surface area (Å²) in [6.45, 7) is 2.67. The molecule has 0 bridgehead atoms. The van der Waals surface area contributed by atoms with Crippen LogP contribution >= 0.6 is 0 Å². The molecule has 0 saturated carbocycles. The number of fused-ring (bicyclic) bond motifs is 1. The molecule has 1 amide bonds. The number of nitrogens with one attached hydrogen (secondary N) is 1. The normalized spacial score (nSPS) is 13.0. The number of carbonyl (C=O) groups excluding carboxylic acids is 1. The Kier molecular flexibility index (Phi) is 6.50. The molecule has 0 aliphatic heterocycles. The topological polar surface area (TPSA) is 111 Å². The summed E-state index contributed by atoms with van der Waals surface area (Å²) in [6, 6.07) is 7.63. The van der Waals surface area contributed by atoms with Crippen LogP contribution in [0.2, 0.25) is 0 Å². The highest BCUT2D eigenvalue weighted by molar-refractivity contribution is 6.00. The number of rotatable bonds is 6. The molecule has 0 aliphatic rings. The van der Waals surface area contributed by atoms with E-state index in [1.165, 1.54) is 44.0 Å². The second-order valence-corrected chi connectivity index (χ2v) is 8.74. The minimum absolute atomic E-state index is 0.00255. The van der Waals surface area contributed by atoms with Crippen LogP contribution in [0.25, 0.3) is 17.0 Å². The molecular formula is C24H21F4N5O4. The standard InChI is InChI=1S/C24H21F4N5O4/c1-23(2,36)20(13-7-8-18(15(25)10-13)37-24(26,27)28)31-22(35)14-12-32(3)33-19(34)11-17(30-21(14)33)16-6-4-5-9-29-16/h4-12,20,36H,1-3H3,(H,31,35)/t20-/m0/s1. The monoisotopic (exact) mass is 519 g/mol. The van der Waals surface area contributed by atoms with E-state index < -0.39 is 41.0 Å². The minimum Gasteiger partial charge on any atom is -0.403 e. The number of alkyl halides is 3. The first kappa shape index (κ1) is 25.8. The van der Waals surface area contributed by atoms with E-state index in [4.69, 9.17) is 0 Å². The maximum absolute atomic E-state index is 14.4. The van der Waals surface area contributed by atoms with Crippen LogP contribution in [-0.2, 0) is 7.05 Å². The average Bonchev–Trinajstić information content (AvgIpc) is 3.14. The average molecular weight is 519 g/mol. The van der Waals surface area contributed by atoms with Crippen molar-refractivity contribution in [1.29, 1.82) is 0 Å². The van der Waals surface area contributed by atoms with Crippen molar-refractivity contribution in [1.82, 2.24) is 24.5 Å². The van der Waals surface area contributed by atoms with Crippen LogP contribution in [0.3, 0.4) is 0 Å². The summed E-state index contributed by atoms with van der Waals surface area (Å²) in [7, 11) is 1.52. The number of aromatic nitrogens is 4. The van der Waals surface area contributed by atoms with E-state index >= 15 is 0 Å². The number of nitrogens with zero attached hydrogens (tertiary/aromatic N) is 4. The quantitative estimate of drug-likeness (QED) is 0.378. The van der Waals surface area contributed by atoms with Crippen LogP contribution in [0.5, 0.6) is 5.75 Å². The smallest absolute Gasteiger partial charge is 0.403 e. The summed E-state index contributed by atoms with van der Waals surface area (Å²) in [6.07, 6.45) is -2.22. The fourth-order valence-electron chi connectivity index (χ4n) is 3.84. The molecule has 3 aromatic heterocycles. The maximum Gasteiger partial charge on any atom is 0.573 e. The fraction of sp³-hybridized carbons (Fsp3) is 0.250. The number of hydrogen-bond donors (Lipinski definition) is 2. The van der Waals surface area contributed by atoms with Gasteiger partial charge in [-0.2, -0.15) is 4.52 Å². The van der Waals surface area contributed by atoms with E-state index in [0.29, 0.717) is 5.69 Å². The van der Waals surface area contributed by atoms with Gasteiger partial charge in [0.05, 0.1) is 23.0 Å². The number of aliphatic hydroxyl groups is 1. The lowest BCUT2D eigenvalue weighted by atomic mass is 9.91. The maximum atomic E-state index is 14.4. The fourth-order valence-corrected chi connectivity index (χ4v) is 3.84. The molecule has 0 spiro atoms. The van der Waals surface area contributed by atoms with E-state index in [9.17, 15) is 32.3 Å². The summed E-state index contributed by atoms with van der Waals surface area (Å²) in [5.74, 6) is -3.17. The Morgan fingerprint density at radius 2 is 1.86 bits per heavy atom. The summed E-state index contributed by atoms with van der Waals surface area (Å²) >= 11 is 0. The summed E-state index contributed by atoms with van der Waals surface area (Å²) in [5, 5.41) is 13.3. The molecule has 0 aliphatic carbocycles. The summed E-state index contributed by atoms with van der Waals surface area (Å²) in [5.41, 5.74) is -1.58. The second-order valence-electron chi connectivity index (χ2n) is 8.74. The largest absolute Gasteiger partial charge is 0.573 e. The highest BCUT2D eigenvalue weighted by atomic mass is 19.4. The van der Waals surface area contributed by atoms with Crippen molar-refractivity contribution in [2.45, 2.75) is 31.9 Å². The van der Waals surface area contributed by atoms with Gasteiger partial charge in [0.2, 0.25) is 0 Å². The first-order valence-corrected chi connectivity index (χ1v) is 10.8. The number of ether oxygens (including phenoxy) is 1. The number of hydrogen-bond acceptors (Lipinski definition) is 6. The summed E-state index contributed by atoms with van der Waals surface area (Å²) in [4.78, 5) is 34.7. The van der Waals surface area contributed by atoms with E-state index in [1.54, 1.807) is 18.2 Å². The van der Waals surface area contributed by atoms with Crippen molar-refractivity contribution in [3.05, 3.63) is 82.2 Å².